The number of oxazole rings is 1. The molecule has 152 valence electrons. The molecular formula is C23H20Cl2N3O2+. The predicted molar refractivity (Wildman–Crippen MR) is 118 cm³/mol. The number of para-hydroxylation sites is 2. The van der Waals surface area contributed by atoms with Gasteiger partial charge >= 0.3 is 11.8 Å². The van der Waals surface area contributed by atoms with Gasteiger partial charge in [-0.3, -0.25) is 4.79 Å². The number of carbonyl (C=O) groups excluding carboxylic acids is 1. The molecule has 3 aromatic carbocycles. The highest BCUT2D eigenvalue weighted by atomic mass is 35.5. The van der Waals surface area contributed by atoms with Crippen LogP contribution in [0.4, 0.5) is 0 Å². The minimum Gasteiger partial charge on any atom is -0.394 e. The zero-order valence-electron chi connectivity index (χ0n) is 15.9. The quantitative estimate of drug-likeness (QED) is 0.430. The SMILES string of the molecule is NC(NC(=O)c1[nH+]c2ccccc2o1)[C@H](Cc1ccc(Cl)cc1)c1ccc(Cl)cc1. The summed E-state index contributed by atoms with van der Waals surface area (Å²) in [6.45, 7) is 0. The Kier molecular flexibility index (Phi) is 6.04. The lowest BCUT2D eigenvalue weighted by molar-refractivity contribution is -0.359. The van der Waals surface area contributed by atoms with Crippen LogP contribution in [0, 0.1) is 0 Å². The van der Waals surface area contributed by atoms with Crippen molar-refractivity contribution in [3.05, 3.63) is 99.9 Å². The number of fused-ring (bicyclic) bond motifs is 1. The Bertz CT molecular complexity index is 1120. The summed E-state index contributed by atoms with van der Waals surface area (Å²) in [6, 6.07) is 22.4. The van der Waals surface area contributed by atoms with Gasteiger partial charge in [0.1, 0.15) is 0 Å². The van der Waals surface area contributed by atoms with Crippen molar-refractivity contribution in [3.63, 3.8) is 0 Å². The van der Waals surface area contributed by atoms with E-state index < -0.39 is 12.1 Å². The molecule has 30 heavy (non-hydrogen) atoms. The van der Waals surface area contributed by atoms with Crippen LogP contribution in [-0.2, 0) is 6.42 Å². The number of hydrogen-bond donors (Lipinski definition) is 2. The molecule has 0 spiro atoms. The molecule has 0 saturated heterocycles. The number of aromatic nitrogens is 1. The number of rotatable bonds is 6. The summed E-state index contributed by atoms with van der Waals surface area (Å²) >= 11 is 12.0. The van der Waals surface area contributed by atoms with Crippen molar-refractivity contribution in [2.45, 2.75) is 18.5 Å². The molecule has 0 aliphatic rings. The van der Waals surface area contributed by atoms with Crippen molar-refractivity contribution >= 4 is 40.2 Å². The summed E-state index contributed by atoms with van der Waals surface area (Å²) in [5.41, 5.74) is 9.82. The second-order valence-electron chi connectivity index (χ2n) is 7.04. The highest BCUT2D eigenvalue weighted by Crippen LogP contribution is 2.25. The number of halogens is 2. The molecule has 5 nitrogen and oxygen atoms in total. The lowest BCUT2D eigenvalue weighted by atomic mass is 9.89. The summed E-state index contributed by atoms with van der Waals surface area (Å²) in [6.07, 6.45) is -0.0413. The first-order valence-corrected chi connectivity index (χ1v) is 10.2. The van der Waals surface area contributed by atoms with E-state index in [1.807, 2.05) is 66.7 Å². The van der Waals surface area contributed by atoms with Crippen molar-refractivity contribution in [3.8, 4) is 0 Å². The zero-order chi connectivity index (χ0) is 21.1. The van der Waals surface area contributed by atoms with E-state index in [4.69, 9.17) is 33.4 Å². The van der Waals surface area contributed by atoms with Gasteiger partial charge in [0.2, 0.25) is 11.1 Å². The van der Waals surface area contributed by atoms with Crippen LogP contribution in [-0.4, -0.2) is 12.1 Å². The van der Waals surface area contributed by atoms with Crippen LogP contribution >= 0.6 is 23.2 Å². The first-order chi connectivity index (χ1) is 14.5. The largest absolute Gasteiger partial charge is 0.439 e. The Morgan fingerprint density at radius 3 is 2.27 bits per heavy atom. The van der Waals surface area contributed by atoms with E-state index >= 15 is 0 Å². The summed E-state index contributed by atoms with van der Waals surface area (Å²) in [4.78, 5) is 15.7. The molecule has 2 atom stereocenters. The van der Waals surface area contributed by atoms with E-state index in [2.05, 4.69) is 10.3 Å². The number of nitrogens with one attached hydrogen (secondary N) is 2. The van der Waals surface area contributed by atoms with E-state index in [1.165, 1.54) is 0 Å². The van der Waals surface area contributed by atoms with Gasteiger partial charge in [-0.25, -0.2) is 0 Å². The normalized spacial score (nSPS) is 13.2. The number of hydrogen-bond acceptors (Lipinski definition) is 3. The number of benzene rings is 3. The molecule has 0 aliphatic carbocycles. The van der Waals surface area contributed by atoms with E-state index in [1.54, 1.807) is 6.07 Å². The summed E-state index contributed by atoms with van der Waals surface area (Å²) in [5, 5.41) is 4.16. The molecule has 4 N–H and O–H groups in total. The van der Waals surface area contributed by atoms with Crippen LogP contribution in [0.3, 0.4) is 0 Å². The van der Waals surface area contributed by atoms with Crippen LogP contribution in [0.2, 0.25) is 10.0 Å². The maximum absolute atomic E-state index is 12.8. The van der Waals surface area contributed by atoms with E-state index in [0.717, 1.165) is 16.6 Å². The fraction of sp³-hybridized carbons (Fsp3) is 0.130. The molecule has 0 aliphatic heterocycles. The maximum Gasteiger partial charge on any atom is 0.439 e. The second-order valence-corrected chi connectivity index (χ2v) is 7.91. The second kappa shape index (κ2) is 8.88. The zero-order valence-corrected chi connectivity index (χ0v) is 17.5. The van der Waals surface area contributed by atoms with Gasteiger partial charge in [0.15, 0.2) is 0 Å². The number of amides is 1. The highest BCUT2D eigenvalue weighted by molar-refractivity contribution is 6.30. The van der Waals surface area contributed by atoms with Gasteiger partial charge in [-0.05, 0) is 47.9 Å². The van der Waals surface area contributed by atoms with Gasteiger partial charge in [-0.1, -0.05) is 59.6 Å². The molecule has 1 unspecified atom stereocenters. The number of H-pyrrole nitrogens is 1. The van der Waals surface area contributed by atoms with Crippen LogP contribution in [0.5, 0.6) is 0 Å². The first kappa shape index (κ1) is 20.4. The third-order valence-corrected chi connectivity index (χ3v) is 5.46. The molecule has 7 heteroatoms. The third-order valence-electron chi connectivity index (χ3n) is 4.95. The van der Waals surface area contributed by atoms with Crippen molar-refractivity contribution in [2.24, 2.45) is 5.73 Å². The van der Waals surface area contributed by atoms with Gasteiger partial charge < -0.3 is 15.5 Å². The van der Waals surface area contributed by atoms with E-state index in [9.17, 15) is 4.79 Å². The van der Waals surface area contributed by atoms with E-state index in [0.29, 0.717) is 22.0 Å². The average molecular weight is 441 g/mol. The van der Waals surface area contributed by atoms with Gasteiger partial charge in [0.05, 0.1) is 6.17 Å². The lowest BCUT2D eigenvalue weighted by Crippen LogP contribution is -2.47. The Balaban J connectivity index is 1.57. The summed E-state index contributed by atoms with van der Waals surface area (Å²) in [5.74, 6) is -0.487. The first-order valence-electron chi connectivity index (χ1n) is 9.47. The fourth-order valence-corrected chi connectivity index (χ4v) is 3.63. The smallest absolute Gasteiger partial charge is 0.394 e. The summed E-state index contributed by atoms with van der Waals surface area (Å²) in [7, 11) is 0. The predicted octanol–water partition coefficient (Wildman–Crippen LogP) is 4.59. The Morgan fingerprint density at radius 1 is 0.967 bits per heavy atom. The monoisotopic (exact) mass is 440 g/mol. The van der Waals surface area contributed by atoms with E-state index in [-0.39, 0.29) is 11.8 Å². The minimum absolute atomic E-state index is 0.105. The van der Waals surface area contributed by atoms with Crippen molar-refractivity contribution in [1.82, 2.24) is 5.32 Å². The van der Waals surface area contributed by atoms with Gasteiger partial charge in [0.25, 0.3) is 0 Å². The van der Waals surface area contributed by atoms with Gasteiger partial charge in [0, 0.05) is 22.0 Å². The molecule has 1 heterocycles. The molecule has 4 rings (SSSR count). The van der Waals surface area contributed by atoms with Gasteiger partial charge in [-0.2, -0.15) is 4.98 Å². The van der Waals surface area contributed by atoms with Crippen LogP contribution in [0.25, 0.3) is 11.1 Å². The molecule has 1 aromatic heterocycles. The Labute approximate surface area is 183 Å². The third kappa shape index (κ3) is 4.65. The maximum atomic E-state index is 12.8. The molecule has 0 saturated carbocycles. The van der Waals surface area contributed by atoms with Crippen LogP contribution < -0.4 is 16.0 Å². The lowest BCUT2D eigenvalue weighted by Gasteiger charge is -2.25. The van der Waals surface area contributed by atoms with Gasteiger partial charge in [-0.15, -0.1) is 0 Å². The molecular weight excluding hydrogens is 421 g/mol. The Hall–Kier alpha value is -2.86. The number of nitrogens with two attached hydrogens (primary N) is 1. The average Bonchev–Trinajstić information content (AvgIpc) is 3.18. The minimum atomic E-state index is -0.657. The Morgan fingerprint density at radius 2 is 1.60 bits per heavy atom. The molecule has 0 fully saturated rings. The van der Waals surface area contributed by atoms with Crippen molar-refractivity contribution in [2.75, 3.05) is 0 Å². The van der Waals surface area contributed by atoms with Crippen LogP contribution in [0.1, 0.15) is 27.7 Å². The number of carbonyl (C=O) groups is 1. The fourth-order valence-electron chi connectivity index (χ4n) is 3.37. The van der Waals surface area contributed by atoms with Crippen molar-refractivity contribution in [1.29, 1.82) is 0 Å². The molecule has 4 aromatic rings. The molecule has 1 amide bonds. The molecule has 0 radical (unpaired) electrons. The van der Waals surface area contributed by atoms with Crippen molar-refractivity contribution < 1.29 is 14.2 Å². The standard InChI is InChI=1S/C23H19Cl2N3O2/c24-16-9-5-14(6-10-16)13-18(15-7-11-17(25)12-8-15)21(26)28-22(29)23-27-19-3-1-2-4-20(19)30-23/h1-12,18,21H,13,26H2,(H,28,29)/p+1/t18-,21?/m1/s1. The topological polar surface area (TPSA) is 82.4 Å². The molecule has 0 bridgehead atoms. The summed E-state index contributed by atoms with van der Waals surface area (Å²) < 4.78 is 5.61. The number of aromatic amines is 1. The van der Waals surface area contributed by atoms with Crippen LogP contribution in [0.15, 0.2) is 77.2 Å². The highest BCUT2D eigenvalue weighted by Gasteiger charge is 2.27.